The molecule has 1 heterocycles. The first-order valence-electron chi connectivity index (χ1n) is 5.55. The van der Waals surface area contributed by atoms with E-state index in [0.29, 0.717) is 18.8 Å². The first-order chi connectivity index (χ1) is 8.91. The van der Waals surface area contributed by atoms with Crippen LogP contribution in [0.2, 0.25) is 0 Å². The number of nitriles is 1. The molecule has 0 aliphatic carbocycles. The third-order valence-electron chi connectivity index (χ3n) is 2.83. The maximum absolute atomic E-state index is 12.8. The molecule has 0 radical (unpaired) electrons. The molecule has 4 nitrogen and oxygen atoms in total. The standard InChI is InChI=1S/C12H10F3N3O/c13-12(14,15)10-5-9(2-1-8(10)6-16)18-4-3-17-11(19)7-18/h1-2,5H,3-4,7H2,(H,17,19). The molecule has 7 heteroatoms. The van der Waals surface area contributed by atoms with Gasteiger partial charge in [-0.1, -0.05) is 0 Å². The van der Waals surface area contributed by atoms with Crippen LogP contribution in [0.3, 0.4) is 0 Å². The average Bonchev–Trinajstić information content (AvgIpc) is 2.37. The van der Waals surface area contributed by atoms with E-state index in [1.165, 1.54) is 12.1 Å². The highest BCUT2D eigenvalue weighted by molar-refractivity contribution is 5.82. The molecule has 100 valence electrons. The SMILES string of the molecule is N#Cc1ccc(N2CCNC(=O)C2)cc1C(F)(F)F. The number of alkyl halides is 3. The number of carbonyl (C=O) groups is 1. The van der Waals surface area contributed by atoms with Gasteiger partial charge in [-0.25, -0.2) is 0 Å². The predicted molar refractivity (Wildman–Crippen MR) is 61.4 cm³/mol. The first kappa shape index (κ1) is 13.2. The third kappa shape index (κ3) is 2.78. The second-order valence-electron chi connectivity index (χ2n) is 4.11. The van der Waals surface area contributed by atoms with E-state index in [-0.39, 0.29) is 12.5 Å². The maximum atomic E-state index is 12.8. The van der Waals surface area contributed by atoms with Crippen molar-refractivity contribution in [3.05, 3.63) is 29.3 Å². The average molecular weight is 269 g/mol. The molecule has 0 bridgehead atoms. The molecule has 1 amide bonds. The van der Waals surface area contributed by atoms with Gasteiger partial charge in [0.1, 0.15) is 0 Å². The molecular weight excluding hydrogens is 259 g/mol. The van der Waals surface area contributed by atoms with Gasteiger partial charge in [-0.3, -0.25) is 4.79 Å². The number of amides is 1. The molecule has 19 heavy (non-hydrogen) atoms. The number of piperazine rings is 1. The van der Waals surface area contributed by atoms with E-state index in [1.54, 1.807) is 4.90 Å². The van der Waals surface area contributed by atoms with E-state index in [1.807, 2.05) is 0 Å². The summed E-state index contributed by atoms with van der Waals surface area (Å²) in [6, 6.07) is 4.99. The normalized spacial score (nSPS) is 15.9. The summed E-state index contributed by atoms with van der Waals surface area (Å²) in [5.41, 5.74) is -1.10. The van der Waals surface area contributed by atoms with Crippen LogP contribution in [-0.4, -0.2) is 25.5 Å². The molecule has 1 aliphatic heterocycles. The zero-order chi connectivity index (χ0) is 14.0. The lowest BCUT2D eigenvalue weighted by Crippen LogP contribution is -2.47. The van der Waals surface area contributed by atoms with Gasteiger partial charge in [-0.05, 0) is 18.2 Å². The quantitative estimate of drug-likeness (QED) is 0.840. The first-order valence-corrected chi connectivity index (χ1v) is 5.55. The monoisotopic (exact) mass is 269 g/mol. The van der Waals surface area contributed by atoms with Gasteiger partial charge in [-0.15, -0.1) is 0 Å². The van der Waals surface area contributed by atoms with Crippen LogP contribution in [0.1, 0.15) is 11.1 Å². The Morgan fingerprint density at radius 3 is 2.68 bits per heavy atom. The van der Waals surface area contributed by atoms with Gasteiger partial charge < -0.3 is 10.2 Å². The van der Waals surface area contributed by atoms with Crippen LogP contribution in [-0.2, 0) is 11.0 Å². The van der Waals surface area contributed by atoms with Crippen LogP contribution in [0.15, 0.2) is 18.2 Å². The second-order valence-corrected chi connectivity index (χ2v) is 4.11. The zero-order valence-electron chi connectivity index (χ0n) is 9.79. The Kier molecular flexibility index (Phi) is 3.34. The molecule has 1 aromatic carbocycles. The van der Waals surface area contributed by atoms with Crippen molar-refractivity contribution in [1.82, 2.24) is 5.32 Å². The van der Waals surface area contributed by atoms with E-state index in [2.05, 4.69) is 5.32 Å². The fourth-order valence-electron chi connectivity index (χ4n) is 1.92. The molecule has 0 atom stereocenters. The van der Waals surface area contributed by atoms with Gasteiger partial charge in [0, 0.05) is 18.8 Å². The van der Waals surface area contributed by atoms with Gasteiger partial charge in [-0.2, -0.15) is 18.4 Å². The molecule has 0 saturated carbocycles. The van der Waals surface area contributed by atoms with E-state index >= 15 is 0 Å². The van der Waals surface area contributed by atoms with Crippen molar-refractivity contribution in [3.63, 3.8) is 0 Å². The topological polar surface area (TPSA) is 56.1 Å². The van der Waals surface area contributed by atoms with Gasteiger partial charge in [0.2, 0.25) is 5.91 Å². The molecule has 0 spiro atoms. The minimum atomic E-state index is -4.58. The predicted octanol–water partition coefficient (Wildman–Crippen LogP) is 1.51. The number of hydrogen-bond donors (Lipinski definition) is 1. The lowest BCUT2D eigenvalue weighted by molar-refractivity contribution is -0.137. The number of rotatable bonds is 1. The summed E-state index contributed by atoms with van der Waals surface area (Å²) in [4.78, 5) is 12.8. The second kappa shape index (κ2) is 4.80. The van der Waals surface area contributed by atoms with Crippen LogP contribution < -0.4 is 10.2 Å². The minimum Gasteiger partial charge on any atom is -0.360 e. The number of nitrogens with one attached hydrogen (secondary N) is 1. The molecular formula is C12H10F3N3O. The van der Waals surface area contributed by atoms with Crippen molar-refractivity contribution in [1.29, 1.82) is 5.26 Å². The van der Waals surface area contributed by atoms with Crippen LogP contribution in [0.4, 0.5) is 18.9 Å². The molecule has 1 saturated heterocycles. The summed E-state index contributed by atoms with van der Waals surface area (Å²) in [5, 5.41) is 11.3. The number of hydrogen-bond acceptors (Lipinski definition) is 3. The number of carbonyl (C=O) groups excluding carboxylic acids is 1. The van der Waals surface area contributed by atoms with Crippen molar-refractivity contribution >= 4 is 11.6 Å². The van der Waals surface area contributed by atoms with Gasteiger partial charge >= 0.3 is 6.18 Å². The summed E-state index contributed by atoms with van der Waals surface area (Å²) in [5.74, 6) is -0.232. The van der Waals surface area contributed by atoms with Crippen molar-refractivity contribution in [2.45, 2.75) is 6.18 Å². The van der Waals surface area contributed by atoms with E-state index in [4.69, 9.17) is 5.26 Å². The Hall–Kier alpha value is -2.23. The van der Waals surface area contributed by atoms with Crippen LogP contribution in [0, 0.1) is 11.3 Å². The van der Waals surface area contributed by atoms with E-state index in [9.17, 15) is 18.0 Å². The third-order valence-corrected chi connectivity index (χ3v) is 2.83. The summed E-state index contributed by atoms with van der Waals surface area (Å²) >= 11 is 0. The van der Waals surface area contributed by atoms with Crippen LogP contribution >= 0.6 is 0 Å². The van der Waals surface area contributed by atoms with Crippen molar-refractivity contribution in [2.24, 2.45) is 0 Å². The van der Waals surface area contributed by atoms with E-state index < -0.39 is 17.3 Å². The summed E-state index contributed by atoms with van der Waals surface area (Å²) < 4.78 is 38.4. The Morgan fingerprint density at radius 2 is 2.11 bits per heavy atom. The number of halogens is 3. The van der Waals surface area contributed by atoms with E-state index in [0.717, 1.165) is 12.1 Å². The summed E-state index contributed by atoms with van der Waals surface area (Å²) in [7, 11) is 0. The lowest BCUT2D eigenvalue weighted by Gasteiger charge is -2.29. The molecule has 1 fully saturated rings. The Balaban J connectivity index is 2.38. The Labute approximate surface area is 107 Å². The Bertz CT molecular complexity index is 548. The van der Waals surface area contributed by atoms with Crippen LogP contribution in [0.25, 0.3) is 0 Å². The number of anilines is 1. The lowest BCUT2D eigenvalue weighted by atomic mass is 10.1. The van der Waals surface area contributed by atoms with Crippen LogP contribution in [0.5, 0.6) is 0 Å². The number of benzene rings is 1. The van der Waals surface area contributed by atoms with Gasteiger partial charge in [0.25, 0.3) is 0 Å². The number of nitrogens with zero attached hydrogens (tertiary/aromatic N) is 2. The molecule has 0 unspecified atom stereocenters. The minimum absolute atomic E-state index is 0.0171. The smallest absolute Gasteiger partial charge is 0.360 e. The maximum Gasteiger partial charge on any atom is 0.417 e. The van der Waals surface area contributed by atoms with Crippen molar-refractivity contribution < 1.29 is 18.0 Å². The highest BCUT2D eigenvalue weighted by Gasteiger charge is 2.34. The summed E-state index contributed by atoms with van der Waals surface area (Å²) in [6.45, 7) is 0.846. The molecule has 2 rings (SSSR count). The molecule has 1 aliphatic rings. The summed E-state index contributed by atoms with van der Waals surface area (Å²) in [6.07, 6.45) is -4.58. The fourth-order valence-corrected chi connectivity index (χ4v) is 1.92. The Morgan fingerprint density at radius 1 is 1.37 bits per heavy atom. The van der Waals surface area contributed by atoms with Crippen molar-refractivity contribution in [2.75, 3.05) is 24.5 Å². The fraction of sp³-hybridized carbons (Fsp3) is 0.333. The van der Waals surface area contributed by atoms with Crippen molar-refractivity contribution in [3.8, 4) is 6.07 Å². The molecule has 1 N–H and O–H groups in total. The molecule has 0 aromatic heterocycles. The van der Waals surface area contributed by atoms with Gasteiger partial charge in [0.15, 0.2) is 0 Å². The van der Waals surface area contributed by atoms with Gasteiger partial charge in [0.05, 0.1) is 23.7 Å². The highest BCUT2D eigenvalue weighted by Crippen LogP contribution is 2.34. The highest BCUT2D eigenvalue weighted by atomic mass is 19.4. The zero-order valence-corrected chi connectivity index (χ0v) is 9.79. The largest absolute Gasteiger partial charge is 0.417 e. The molecule has 1 aromatic rings.